The lowest BCUT2D eigenvalue weighted by molar-refractivity contribution is 0.0928. The molecule has 0 aliphatic carbocycles. The minimum Gasteiger partial charge on any atom is -0.354 e. The first kappa shape index (κ1) is 15.6. The average Bonchev–Trinajstić information content (AvgIpc) is 3.08. The van der Waals surface area contributed by atoms with Crippen LogP contribution in [0.2, 0.25) is 0 Å². The van der Waals surface area contributed by atoms with Crippen molar-refractivity contribution in [1.82, 2.24) is 19.9 Å². The Bertz CT molecular complexity index is 898. The van der Waals surface area contributed by atoms with E-state index in [1.165, 1.54) is 5.39 Å². The number of rotatable bonds is 3. The van der Waals surface area contributed by atoms with Crippen LogP contribution in [0, 0.1) is 0 Å². The number of nitrogens with zero attached hydrogens (tertiary/aromatic N) is 4. The van der Waals surface area contributed by atoms with Crippen LogP contribution in [0.4, 0.5) is 5.82 Å². The van der Waals surface area contributed by atoms with Gasteiger partial charge in [0.2, 0.25) is 0 Å². The summed E-state index contributed by atoms with van der Waals surface area (Å²) < 4.78 is 1.78. The maximum absolute atomic E-state index is 12.4. The third-order valence-corrected chi connectivity index (χ3v) is 4.65. The minimum atomic E-state index is -0.113. The van der Waals surface area contributed by atoms with Crippen LogP contribution >= 0.6 is 0 Å². The lowest BCUT2D eigenvalue weighted by Crippen LogP contribution is -2.48. The van der Waals surface area contributed by atoms with Gasteiger partial charge in [-0.05, 0) is 24.3 Å². The second-order valence-corrected chi connectivity index (χ2v) is 6.54. The number of benzene rings is 1. The van der Waals surface area contributed by atoms with Gasteiger partial charge in [0.05, 0.1) is 6.33 Å². The highest BCUT2D eigenvalue weighted by Gasteiger charge is 2.24. The van der Waals surface area contributed by atoms with Gasteiger partial charge in [-0.2, -0.15) is 0 Å². The van der Waals surface area contributed by atoms with E-state index in [0.717, 1.165) is 37.1 Å². The molecule has 4 rings (SSSR count). The molecule has 1 aliphatic heterocycles. The van der Waals surface area contributed by atoms with Crippen molar-refractivity contribution in [2.24, 2.45) is 7.05 Å². The standard InChI is InChI=1S/C19H21N5O/c1-23-12-17(21-13-23)19(25)22-15-6-4-10-24(11-15)18-16-7-3-2-5-14(16)8-9-20-18/h2-3,5,7-9,12-13,15H,4,6,10-11H2,1H3,(H,22,25). The molecule has 3 heterocycles. The first-order valence-corrected chi connectivity index (χ1v) is 8.58. The van der Waals surface area contributed by atoms with E-state index in [1.54, 1.807) is 17.1 Å². The van der Waals surface area contributed by atoms with Crippen LogP contribution in [0.1, 0.15) is 23.3 Å². The van der Waals surface area contributed by atoms with E-state index in [4.69, 9.17) is 0 Å². The molecule has 1 N–H and O–H groups in total. The molecule has 1 fully saturated rings. The average molecular weight is 335 g/mol. The summed E-state index contributed by atoms with van der Waals surface area (Å²) in [5.41, 5.74) is 0.461. The maximum Gasteiger partial charge on any atom is 0.271 e. The van der Waals surface area contributed by atoms with Crippen molar-refractivity contribution >= 4 is 22.5 Å². The number of amides is 1. The molecule has 1 saturated heterocycles. The molecule has 25 heavy (non-hydrogen) atoms. The van der Waals surface area contributed by atoms with E-state index in [2.05, 4.69) is 32.3 Å². The van der Waals surface area contributed by atoms with Gasteiger partial charge < -0.3 is 14.8 Å². The Labute approximate surface area is 146 Å². The molecule has 1 atom stereocenters. The van der Waals surface area contributed by atoms with Gasteiger partial charge in [0.15, 0.2) is 0 Å². The van der Waals surface area contributed by atoms with Gasteiger partial charge in [0.25, 0.3) is 5.91 Å². The molecule has 3 aromatic rings. The van der Waals surface area contributed by atoms with Crippen LogP contribution in [-0.4, -0.2) is 39.6 Å². The molecule has 0 spiro atoms. The fourth-order valence-electron chi connectivity index (χ4n) is 3.43. The van der Waals surface area contributed by atoms with E-state index >= 15 is 0 Å². The van der Waals surface area contributed by atoms with Crippen LogP contribution in [-0.2, 0) is 7.05 Å². The smallest absolute Gasteiger partial charge is 0.271 e. The Kier molecular flexibility index (Phi) is 4.09. The third-order valence-electron chi connectivity index (χ3n) is 4.65. The van der Waals surface area contributed by atoms with Gasteiger partial charge in [-0.3, -0.25) is 4.79 Å². The SMILES string of the molecule is Cn1cnc(C(=O)NC2CCCN(c3nccc4ccccc34)C2)c1. The first-order valence-electron chi connectivity index (χ1n) is 8.58. The van der Waals surface area contributed by atoms with Crippen molar-refractivity contribution in [3.8, 4) is 0 Å². The number of imidazole rings is 1. The molecule has 1 amide bonds. The van der Waals surface area contributed by atoms with Crippen molar-refractivity contribution in [1.29, 1.82) is 0 Å². The largest absolute Gasteiger partial charge is 0.354 e. The Hall–Kier alpha value is -2.89. The number of piperidine rings is 1. The predicted octanol–water partition coefficient (Wildman–Crippen LogP) is 2.37. The number of carbonyl (C=O) groups excluding carboxylic acids is 1. The molecule has 0 bridgehead atoms. The highest BCUT2D eigenvalue weighted by Crippen LogP contribution is 2.26. The van der Waals surface area contributed by atoms with Crippen LogP contribution in [0.25, 0.3) is 10.8 Å². The second kappa shape index (κ2) is 6.55. The van der Waals surface area contributed by atoms with Gasteiger partial charge in [0, 0.05) is 44.0 Å². The second-order valence-electron chi connectivity index (χ2n) is 6.54. The molecule has 0 radical (unpaired) electrons. The van der Waals surface area contributed by atoms with Crippen molar-refractivity contribution in [3.05, 3.63) is 54.7 Å². The summed E-state index contributed by atoms with van der Waals surface area (Å²) in [5, 5.41) is 5.45. The van der Waals surface area contributed by atoms with E-state index in [-0.39, 0.29) is 11.9 Å². The number of anilines is 1. The van der Waals surface area contributed by atoms with E-state index in [9.17, 15) is 4.79 Å². The summed E-state index contributed by atoms with van der Waals surface area (Å²) in [6.07, 6.45) is 7.23. The Balaban J connectivity index is 1.52. The topological polar surface area (TPSA) is 63.1 Å². The van der Waals surface area contributed by atoms with Crippen LogP contribution in [0.5, 0.6) is 0 Å². The van der Waals surface area contributed by atoms with Crippen molar-refractivity contribution in [2.75, 3.05) is 18.0 Å². The molecule has 1 unspecified atom stereocenters. The number of aromatic nitrogens is 3. The minimum absolute atomic E-state index is 0.101. The van der Waals surface area contributed by atoms with Crippen LogP contribution < -0.4 is 10.2 Å². The van der Waals surface area contributed by atoms with Gasteiger partial charge in [-0.25, -0.2) is 9.97 Å². The van der Waals surface area contributed by atoms with E-state index in [1.807, 2.05) is 31.4 Å². The lowest BCUT2D eigenvalue weighted by atomic mass is 10.0. The zero-order chi connectivity index (χ0) is 17.2. The molecular weight excluding hydrogens is 314 g/mol. The number of carbonyl (C=O) groups is 1. The van der Waals surface area contributed by atoms with Gasteiger partial charge in [-0.15, -0.1) is 0 Å². The summed E-state index contributed by atoms with van der Waals surface area (Å²) in [5.74, 6) is 0.883. The first-order chi connectivity index (χ1) is 12.2. The fraction of sp³-hybridized carbons (Fsp3) is 0.316. The number of hydrogen-bond acceptors (Lipinski definition) is 4. The number of aryl methyl sites for hydroxylation is 1. The van der Waals surface area contributed by atoms with Gasteiger partial charge in [0.1, 0.15) is 11.5 Å². The molecule has 1 aliphatic rings. The zero-order valence-corrected chi connectivity index (χ0v) is 14.2. The highest BCUT2D eigenvalue weighted by molar-refractivity contribution is 5.93. The van der Waals surface area contributed by atoms with Crippen molar-refractivity contribution in [2.45, 2.75) is 18.9 Å². The third kappa shape index (κ3) is 3.20. The fourth-order valence-corrected chi connectivity index (χ4v) is 3.43. The number of fused-ring (bicyclic) bond motifs is 1. The summed E-state index contributed by atoms with van der Waals surface area (Å²) in [6, 6.07) is 10.4. The summed E-state index contributed by atoms with van der Waals surface area (Å²) >= 11 is 0. The summed E-state index contributed by atoms with van der Waals surface area (Å²) in [6.45, 7) is 1.72. The molecule has 6 heteroatoms. The Morgan fingerprint density at radius 2 is 2.12 bits per heavy atom. The molecule has 2 aromatic heterocycles. The van der Waals surface area contributed by atoms with Gasteiger partial charge in [-0.1, -0.05) is 24.3 Å². The predicted molar refractivity (Wildman–Crippen MR) is 97.7 cm³/mol. The quantitative estimate of drug-likeness (QED) is 0.798. The number of nitrogens with one attached hydrogen (secondary N) is 1. The summed E-state index contributed by atoms with van der Waals surface area (Å²) in [7, 11) is 1.86. The molecular formula is C19H21N5O. The molecule has 0 saturated carbocycles. The van der Waals surface area contributed by atoms with E-state index < -0.39 is 0 Å². The van der Waals surface area contributed by atoms with E-state index in [0.29, 0.717) is 5.69 Å². The van der Waals surface area contributed by atoms with Crippen LogP contribution in [0.15, 0.2) is 49.1 Å². The van der Waals surface area contributed by atoms with Crippen molar-refractivity contribution in [3.63, 3.8) is 0 Å². The number of pyridine rings is 1. The zero-order valence-electron chi connectivity index (χ0n) is 14.2. The Morgan fingerprint density at radius 1 is 1.24 bits per heavy atom. The monoisotopic (exact) mass is 335 g/mol. The Morgan fingerprint density at radius 3 is 2.96 bits per heavy atom. The van der Waals surface area contributed by atoms with Crippen molar-refractivity contribution < 1.29 is 4.79 Å². The number of hydrogen-bond donors (Lipinski definition) is 1. The van der Waals surface area contributed by atoms with Crippen LogP contribution in [0.3, 0.4) is 0 Å². The van der Waals surface area contributed by atoms with Gasteiger partial charge >= 0.3 is 0 Å². The lowest BCUT2D eigenvalue weighted by Gasteiger charge is -2.34. The molecule has 6 nitrogen and oxygen atoms in total. The highest BCUT2D eigenvalue weighted by atomic mass is 16.2. The maximum atomic E-state index is 12.4. The molecule has 1 aromatic carbocycles. The normalized spacial score (nSPS) is 17.6. The molecule has 128 valence electrons. The summed E-state index contributed by atoms with van der Waals surface area (Å²) in [4.78, 5) is 23.4.